The first kappa shape index (κ1) is 12.6. The Morgan fingerprint density at radius 3 is 2.76 bits per heavy atom. The number of hydrogen-bond acceptors (Lipinski definition) is 4. The van der Waals surface area contributed by atoms with Crippen molar-refractivity contribution in [2.75, 3.05) is 27.4 Å². The molecule has 0 radical (unpaired) electrons. The van der Waals surface area contributed by atoms with E-state index in [0.717, 1.165) is 31.7 Å². The maximum absolute atomic E-state index is 11.5. The normalized spacial score (nSPS) is 16.2. The lowest BCUT2D eigenvalue weighted by atomic mass is 10.4. The highest BCUT2D eigenvalue weighted by Crippen LogP contribution is 2.26. The third-order valence-corrected chi connectivity index (χ3v) is 5.23. The van der Waals surface area contributed by atoms with Gasteiger partial charge in [-0.2, -0.15) is 0 Å². The molecule has 0 atom stereocenters. The summed E-state index contributed by atoms with van der Waals surface area (Å²) in [6.45, 7) is 1.86. The fraction of sp³-hybridized carbons (Fsp3) is 0.500. The van der Waals surface area contributed by atoms with Crippen molar-refractivity contribution >= 4 is 37.5 Å². The molecule has 94 valence electrons. The van der Waals surface area contributed by atoms with Gasteiger partial charge in [-0.25, -0.2) is 13.4 Å². The molecule has 0 aromatic carbocycles. The summed E-state index contributed by atoms with van der Waals surface area (Å²) in [7, 11) is -3.32. The topological polar surface area (TPSA) is 62.3 Å². The Hall–Kier alpha value is -0.820. The number of hydrogen-bond donors (Lipinski definition) is 1. The Kier molecular flexibility index (Phi) is 3.88. The third-order valence-electron chi connectivity index (χ3n) is 2.60. The van der Waals surface area contributed by atoms with E-state index in [2.05, 4.69) is 30.5 Å². The molecule has 1 saturated heterocycles. The van der Waals surface area contributed by atoms with Crippen molar-refractivity contribution < 1.29 is 8.42 Å². The molecule has 0 aliphatic carbocycles. The zero-order valence-corrected chi connectivity index (χ0v) is 11.7. The van der Waals surface area contributed by atoms with Gasteiger partial charge in [0.25, 0.3) is 0 Å². The van der Waals surface area contributed by atoms with E-state index in [4.69, 9.17) is 0 Å². The molecule has 0 spiro atoms. The lowest BCUT2D eigenvalue weighted by Gasteiger charge is -2.19. The second-order valence-electron chi connectivity index (χ2n) is 3.89. The Bertz CT molecular complexity index is 486. The summed E-state index contributed by atoms with van der Waals surface area (Å²) in [5.74, 6) is 0.717. The molecule has 5 nitrogen and oxygen atoms in total. The van der Waals surface area contributed by atoms with E-state index in [0.29, 0.717) is 5.69 Å². The molecule has 2 heterocycles. The second-order valence-corrected chi connectivity index (χ2v) is 6.92. The van der Waals surface area contributed by atoms with Crippen LogP contribution in [0.2, 0.25) is 0 Å². The number of halogens is 1. The van der Waals surface area contributed by atoms with Crippen molar-refractivity contribution in [1.82, 2.24) is 4.98 Å². The van der Waals surface area contributed by atoms with Gasteiger partial charge >= 0.3 is 0 Å². The standard InChI is InChI=1S/C10H14BrN3O2S/c11-8-17(15,16)13-9-4-3-5-12-10(9)14-6-1-2-7-14/h3-5,13H,1-2,6-8H2. The Morgan fingerprint density at radius 2 is 2.12 bits per heavy atom. The van der Waals surface area contributed by atoms with Gasteiger partial charge in [0.05, 0.1) is 5.69 Å². The molecule has 0 bridgehead atoms. The highest BCUT2D eigenvalue weighted by atomic mass is 79.9. The van der Waals surface area contributed by atoms with E-state index in [-0.39, 0.29) is 4.66 Å². The molecule has 0 saturated carbocycles. The number of pyridine rings is 1. The summed E-state index contributed by atoms with van der Waals surface area (Å²) in [5, 5.41) is 0. The van der Waals surface area contributed by atoms with Crippen molar-refractivity contribution in [3.63, 3.8) is 0 Å². The molecular weight excluding hydrogens is 306 g/mol. The lowest BCUT2D eigenvalue weighted by molar-refractivity contribution is 0.606. The van der Waals surface area contributed by atoms with Gasteiger partial charge in [0.2, 0.25) is 10.0 Å². The molecule has 7 heteroatoms. The van der Waals surface area contributed by atoms with E-state index in [9.17, 15) is 8.42 Å². The summed E-state index contributed by atoms with van der Waals surface area (Å²) in [6.07, 6.45) is 3.93. The minimum atomic E-state index is -3.32. The van der Waals surface area contributed by atoms with Gasteiger partial charge in [-0.1, -0.05) is 15.9 Å². The first-order chi connectivity index (χ1) is 8.12. The zero-order chi connectivity index (χ0) is 12.3. The van der Waals surface area contributed by atoms with Crippen LogP contribution in [-0.2, 0) is 10.0 Å². The van der Waals surface area contributed by atoms with Gasteiger partial charge in [-0.15, -0.1) is 0 Å². The number of aromatic nitrogens is 1. The SMILES string of the molecule is O=S(=O)(CBr)Nc1cccnc1N1CCCC1. The molecule has 1 fully saturated rings. The van der Waals surface area contributed by atoms with Crippen LogP contribution < -0.4 is 9.62 Å². The summed E-state index contributed by atoms with van der Waals surface area (Å²) in [5.41, 5.74) is 0.550. The van der Waals surface area contributed by atoms with Gasteiger partial charge in [0.1, 0.15) is 4.66 Å². The number of alkyl halides is 1. The fourth-order valence-electron chi connectivity index (χ4n) is 1.85. The van der Waals surface area contributed by atoms with Crippen LogP contribution in [0.25, 0.3) is 0 Å². The van der Waals surface area contributed by atoms with E-state index >= 15 is 0 Å². The number of anilines is 2. The molecule has 1 aromatic rings. The predicted octanol–water partition coefficient (Wildman–Crippen LogP) is 1.78. The average Bonchev–Trinajstić information content (AvgIpc) is 2.83. The minimum Gasteiger partial charge on any atom is -0.355 e. The lowest BCUT2D eigenvalue weighted by Crippen LogP contribution is -2.22. The molecule has 1 aliphatic rings. The van der Waals surface area contributed by atoms with Crippen LogP contribution in [-0.4, -0.2) is 31.2 Å². The second kappa shape index (κ2) is 5.22. The van der Waals surface area contributed by atoms with E-state index in [1.807, 2.05) is 0 Å². The summed E-state index contributed by atoms with van der Waals surface area (Å²) in [6, 6.07) is 3.46. The first-order valence-electron chi connectivity index (χ1n) is 5.39. The molecule has 0 amide bonds. The van der Waals surface area contributed by atoms with Crippen LogP contribution in [0, 0.1) is 0 Å². The van der Waals surface area contributed by atoms with E-state index in [1.54, 1.807) is 18.3 Å². The fourth-order valence-corrected chi connectivity index (χ4v) is 2.74. The monoisotopic (exact) mass is 319 g/mol. The van der Waals surface area contributed by atoms with Crippen LogP contribution in [0.15, 0.2) is 18.3 Å². The molecular formula is C10H14BrN3O2S. The minimum absolute atomic E-state index is 0.117. The molecule has 1 aliphatic heterocycles. The zero-order valence-electron chi connectivity index (χ0n) is 9.26. The molecule has 2 rings (SSSR count). The van der Waals surface area contributed by atoms with E-state index in [1.165, 1.54) is 0 Å². The molecule has 0 unspecified atom stereocenters. The number of rotatable bonds is 4. The van der Waals surface area contributed by atoms with Crippen LogP contribution in [0.1, 0.15) is 12.8 Å². The smallest absolute Gasteiger partial charge is 0.242 e. The van der Waals surface area contributed by atoms with Gasteiger partial charge < -0.3 is 4.90 Å². The number of nitrogens with zero attached hydrogens (tertiary/aromatic N) is 2. The largest absolute Gasteiger partial charge is 0.355 e. The first-order valence-corrected chi connectivity index (χ1v) is 8.16. The van der Waals surface area contributed by atoms with Gasteiger partial charge in [0.15, 0.2) is 5.82 Å². The number of nitrogens with one attached hydrogen (secondary N) is 1. The number of sulfonamides is 1. The van der Waals surface area contributed by atoms with Crippen molar-refractivity contribution in [3.8, 4) is 0 Å². The molecule has 17 heavy (non-hydrogen) atoms. The summed E-state index contributed by atoms with van der Waals surface area (Å²) >= 11 is 2.95. The predicted molar refractivity (Wildman–Crippen MR) is 72.0 cm³/mol. The maximum atomic E-state index is 11.5. The van der Waals surface area contributed by atoms with Crippen molar-refractivity contribution in [3.05, 3.63) is 18.3 Å². The quantitative estimate of drug-likeness (QED) is 0.859. The van der Waals surface area contributed by atoms with Gasteiger partial charge in [-0.3, -0.25) is 4.72 Å². The molecule has 1 N–H and O–H groups in total. The average molecular weight is 320 g/mol. The highest BCUT2D eigenvalue weighted by molar-refractivity contribution is 9.10. The van der Waals surface area contributed by atoms with Gasteiger partial charge in [0, 0.05) is 19.3 Å². The summed E-state index contributed by atoms with van der Waals surface area (Å²) < 4.78 is 25.5. The van der Waals surface area contributed by atoms with Crippen LogP contribution in [0.4, 0.5) is 11.5 Å². The van der Waals surface area contributed by atoms with Gasteiger partial charge in [-0.05, 0) is 25.0 Å². The molecule has 1 aromatic heterocycles. The van der Waals surface area contributed by atoms with Crippen LogP contribution in [0.3, 0.4) is 0 Å². The Morgan fingerprint density at radius 1 is 1.41 bits per heavy atom. The highest BCUT2D eigenvalue weighted by Gasteiger charge is 2.19. The van der Waals surface area contributed by atoms with Crippen molar-refractivity contribution in [2.24, 2.45) is 0 Å². The van der Waals surface area contributed by atoms with E-state index < -0.39 is 10.0 Å². The Labute approximate surface area is 109 Å². The van der Waals surface area contributed by atoms with Crippen molar-refractivity contribution in [1.29, 1.82) is 0 Å². The Balaban J connectivity index is 2.27. The maximum Gasteiger partial charge on any atom is 0.242 e. The van der Waals surface area contributed by atoms with Crippen LogP contribution >= 0.6 is 15.9 Å². The third kappa shape index (κ3) is 3.10. The van der Waals surface area contributed by atoms with Crippen LogP contribution in [0.5, 0.6) is 0 Å². The summed E-state index contributed by atoms with van der Waals surface area (Å²) in [4.78, 5) is 6.37. The van der Waals surface area contributed by atoms with Crippen molar-refractivity contribution in [2.45, 2.75) is 12.8 Å².